The van der Waals surface area contributed by atoms with Crippen LogP contribution < -0.4 is 5.32 Å². The van der Waals surface area contributed by atoms with Gasteiger partial charge in [0.05, 0.1) is 29.2 Å². The number of fused-ring (bicyclic) bond motifs is 1. The summed E-state index contributed by atoms with van der Waals surface area (Å²) in [7, 11) is 0. The predicted molar refractivity (Wildman–Crippen MR) is 122 cm³/mol. The van der Waals surface area contributed by atoms with Crippen LogP contribution in [0.1, 0.15) is 41.3 Å². The summed E-state index contributed by atoms with van der Waals surface area (Å²) in [6.45, 7) is 1.99. The Balaban J connectivity index is 1.35. The van der Waals surface area contributed by atoms with Crippen LogP contribution in [0.15, 0.2) is 53.4 Å². The number of carbonyl (C=O) groups excluding carboxylic acids is 1. The quantitative estimate of drug-likeness (QED) is 0.452. The van der Waals surface area contributed by atoms with Gasteiger partial charge in [0.15, 0.2) is 0 Å². The van der Waals surface area contributed by atoms with Gasteiger partial charge < -0.3 is 5.32 Å². The zero-order valence-electron chi connectivity index (χ0n) is 16.7. The number of nitrogens with one attached hydrogen (secondary N) is 1. The van der Waals surface area contributed by atoms with Gasteiger partial charge in [-0.1, -0.05) is 30.3 Å². The highest BCUT2D eigenvalue weighted by Crippen LogP contribution is 2.35. The number of thiazole rings is 1. The molecular weight excluding hydrogens is 412 g/mol. The van der Waals surface area contributed by atoms with Crippen molar-refractivity contribution in [3.8, 4) is 9.88 Å². The molecule has 5 rings (SSSR count). The number of aryl methyl sites for hydroxylation is 2. The van der Waals surface area contributed by atoms with Crippen molar-refractivity contribution in [2.75, 3.05) is 5.32 Å². The summed E-state index contributed by atoms with van der Waals surface area (Å²) >= 11 is 3.24. The molecule has 1 unspecified atom stereocenters. The van der Waals surface area contributed by atoms with Crippen LogP contribution in [0.2, 0.25) is 0 Å². The first kappa shape index (κ1) is 19.2. The maximum Gasteiger partial charge on any atom is 0.231 e. The van der Waals surface area contributed by atoms with E-state index in [0.717, 1.165) is 46.2 Å². The van der Waals surface area contributed by atoms with E-state index in [1.807, 2.05) is 34.6 Å². The van der Waals surface area contributed by atoms with Crippen molar-refractivity contribution < 1.29 is 4.79 Å². The summed E-state index contributed by atoms with van der Waals surface area (Å²) < 4.78 is 1.99. The lowest BCUT2D eigenvalue weighted by atomic mass is 9.88. The van der Waals surface area contributed by atoms with E-state index in [1.165, 1.54) is 11.1 Å². The van der Waals surface area contributed by atoms with E-state index >= 15 is 0 Å². The van der Waals surface area contributed by atoms with Gasteiger partial charge in [-0.2, -0.15) is 5.10 Å². The largest absolute Gasteiger partial charge is 0.310 e. The van der Waals surface area contributed by atoms with Gasteiger partial charge in [-0.3, -0.25) is 4.79 Å². The van der Waals surface area contributed by atoms with Crippen molar-refractivity contribution >= 4 is 34.4 Å². The minimum absolute atomic E-state index is 0.0630. The number of amides is 1. The second-order valence-corrected chi connectivity index (χ2v) is 9.38. The second kappa shape index (κ2) is 8.16. The molecule has 0 bridgehead atoms. The highest BCUT2D eigenvalue weighted by molar-refractivity contribution is 7.20. The van der Waals surface area contributed by atoms with E-state index in [2.05, 4.69) is 45.7 Å². The third-order valence-electron chi connectivity index (χ3n) is 5.49. The van der Waals surface area contributed by atoms with Crippen LogP contribution in [0.25, 0.3) is 9.88 Å². The molecule has 0 fully saturated rings. The van der Waals surface area contributed by atoms with Crippen molar-refractivity contribution in [2.45, 2.75) is 38.6 Å². The molecule has 0 aliphatic heterocycles. The SMILES string of the molecule is Cc1cnn(C2CCCc3ccccc32)c1NC(=O)Cc1csc(-c2cccs2)n1. The van der Waals surface area contributed by atoms with Gasteiger partial charge in [-0.25, -0.2) is 9.67 Å². The topological polar surface area (TPSA) is 59.8 Å². The lowest BCUT2D eigenvalue weighted by Crippen LogP contribution is -2.23. The normalized spacial score (nSPS) is 15.7. The van der Waals surface area contributed by atoms with E-state index in [1.54, 1.807) is 22.7 Å². The molecule has 7 heteroatoms. The Kier molecular flexibility index (Phi) is 5.23. The van der Waals surface area contributed by atoms with Crippen LogP contribution in [-0.4, -0.2) is 20.7 Å². The lowest BCUT2D eigenvalue weighted by Gasteiger charge is -2.27. The van der Waals surface area contributed by atoms with Crippen molar-refractivity contribution in [2.24, 2.45) is 0 Å². The molecule has 1 aliphatic rings. The number of carbonyl (C=O) groups is 1. The Hall–Kier alpha value is -2.77. The summed E-state index contributed by atoms with van der Waals surface area (Å²) in [4.78, 5) is 18.6. The summed E-state index contributed by atoms with van der Waals surface area (Å²) in [5.41, 5.74) is 4.46. The summed E-state index contributed by atoms with van der Waals surface area (Å²) in [6.07, 6.45) is 5.35. The standard InChI is InChI=1S/C23H22N4OS2/c1-15-13-24-27(19-9-4-7-16-6-2-3-8-18(16)19)22(15)26-21(28)12-17-14-30-23(25-17)20-10-5-11-29-20/h2-3,5-6,8,10-11,13-14,19H,4,7,9,12H2,1H3,(H,26,28). The Labute approximate surface area is 183 Å². The van der Waals surface area contributed by atoms with Crippen molar-refractivity contribution in [3.05, 3.63) is 75.7 Å². The van der Waals surface area contributed by atoms with E-state index < -0.39 is 0 Å². The molecule has 0 radical (unpaired) electrons. The van der Waals surface area contributed by atoms with E-state index in [-0.39, 0.29) is 18.4 Å². The molecule has 1 atom stereocenters. The van der Waals surface area contributed by atoms with Crippen LogP contribution >= 0.6 is 22.7 Å². The molecule has 0 spiro atoms. The first-order chi connectivity index (χ1) is 14.7. The number of nitrogens with zero attached hydrogens (tertiary/aromatic N) is 3. The van der Waals surface area contributed by atoms with Gasteiger partial charge in [0.2, 0.25) is 5.91 Å². The Bertz CT molecular complexity index is 1180. The molecule has 152 valence electrons. The molecule has 1 aromatic carbocycles. The Morgan fingerprint density at radius 2 is 2.13 bits per heavy atom. The predicted octanol–water partition coefficient (Wildman–Crippen LogP) is 5.48. The molecule has 3 aromatic heterocycles. The number of anilines is 1. The first-order valence-electron chi connectivity index (χ1n) is 10.1. The fourth-order valence-electron chi connectivity index (χ4n) is 4.07. The molecule has 1 aliphatic carbocycles. The van der Waals surface area contributed by atoms with Gasteiger partial charge in [-0.15, -0.1) is 22.7 Å². The Morgan fingerprint density at radius 1 is 1.23 bits per heavy atom. The third kappa shape index (κ3) is 3.70. The molecule has 30 heavy (non-hydrogen) atoms. The van der Waals surface area contributed by atoms with Crippen molar-refractivity contribution in [1.82, 2.24) is 14.8 Å². The van der Waals surface area contributed by atoms with Gasteiger partial charge in [-0.05, 0) is 48.8 Å². The minimum atomic E-state index is -0.0630. The number of rotatable bonds is 5. The zero-order valence-corrected chi connectivity index (χ0v) is 18.3. The molecule has 1 amide bonds. The molecular formula is C23H22N4OS2. The van der Waals surface area contributed by atoms with E-state index in [0.29, 0.717) is 0 Å². The molecule has 0 saturated heterocycles. The third-order valence-corrected chi connectivity index (χ3v) is 7.42. The van der Waals surface area contributed by atoms with E-state index in [9.17, 15) is 4.79 Å². The number of hydrogen-bond acceptors (Lipinski definition) is 5. The fourth-order valence-corrected chi connectivity index (χ4v) is 5.70. The second-order valence-electron chi connectivity index (χ2n) is 7.57. The van der Waals surface area contributed by atoms with Gasteiger partial charge >= 0.3 is 0 Å². The molecule has 0 saturated carbocycles. The highest BCUT2D eigenvalue weighted by Gasteiger charge is 2.25. The Morgan fingerprint density at radius 3 is 3.00 bits per heavy atom. The lowest BCUT2D eigenvalue weighted by molar-refractivity contribution is -0.115. The molecule has 3 heterocycles. The van der Waals surface area contributed by atoms with Crippen LogP contribution in [0.5, 0.6) is 0 Å². The van der Waals surface area contributed by atoms with Crippen LogP contribution in [0.3, 0.4) is 0 Å². The number of aromatic nitrogens is 3. The molecule has 4 aromatic rings. The van der Waals surface area contributed by atoms with Gasteiger partial charge in [0, 0.05) is 10.9 Å². The van der Waals surface area contributed by atoms with Crippen LogP contribution in [-0.2, 0) is 17.6 Å². The summed E-state index contributed by atoms with van der Waals surface area (Å²) in [5.74, 6) is 0.724. The van der Waals surface area contributed by atoms with Gasteiger partial charge in [0.25, 0.3) is 0 Å². The summed E-state index contributed by atoms with van der Waals surface area (Å²) in [6, 6.07) is 12.8. The van der Waals surface area contributed by atoms with Crippen LogP contribution in [0.4, 0.5) is 5.82 Å². The van der Waals surface area contributed by atoms with Gasteiger partial charge in [0.1, 0.15) is 10.8 Å². The fraction of sp³-hybridized carbons (Fsp3) is 0.261. The monoisotopic (exact) mass is 434 g/mol. The molecule has 1 N–H and O–H groups in total. The smallest absolute Gasteiger partial charge is 0.231 e. The minimum Gasteiger partial charge on any atom is -0.310 e. The first-order valence-corrected chi connectivity index (χ1v) is 11.8. The molecule has 5 nitrogen and oxygen atoms in total. The van der Waals surface area contributed by atoms with Crippen LogP contribution in [0, 0.1) is 6.92 Å². The highest BCUT2D eigenvalue weighted by atomic mass is 32.1. The zero-order chi connectivity index (χ0) is 20.5. The average molecular weight is 435 g/mol. The number of hydrogen-bond donors (Lipinski definition) is 1. The van der Waals surface area contributed by atoms with Crippen molar-refractivity contribution in [3.63, 3.8) is 0 Å². The number of benzene rings is 1. The maximum absolute atomic E-state index is 12.8. The average Bonchev–Trinajstić information content (AvgIpc) is 3.50. The number of thiophene rings is 1. The van der Waals surface area contributed by atoms with E-state index in [4.69, 9.17) is 0 Å². The maximum atomic E-state index is 12.8. The van der Waals surface area contributed by atoms with Crippen molar-refractivity contribution in [1.29, 1.82) is 0 Å². The summed E-state index contributed by atoms with van der Waals surface area (Å²) in [5, 5.41) is 12.7.